The lowest BCUT2D eigenvalue weighted by Crippen LogP contribution is -2.10. The Morgan fingerprint density at radius 1 is 0.952 bits per heavy atom. The molecule has 0 spiro atoms. The maximum Gasteiger partial charge on any atom is 0.0337 e. The molecule has 0 rings (SSSR count). The predicted octanol–water partition coefficient (Wildman–Crippen LogP) is 7.15. The maximum atomic E-state index is 3.95. The first-order valence-corrected chi connectivity index (χ1v) is 8.16. The highest BCUT2D eigenvalue weighted by atomic mass is 14.9. The van der Waals surface area contributed by atoms with Gasteiger partial charge in [-0.1, -0.05) is 64.3 Å². The van der Waals surface area contributed by atoms with E-state index in [1.165, 1.54) is 30.4 Å². The van der Waals surface area contributed by atoms with Crippen molar-refractivity contribution in [1.29, 1.82) is 0 Å². The number of hydrogen-bond acceptors (Lipinski definition) is 1. The largest absolute Gasteiger partial charge is 0.360 e. The Morgan fingerprint density at radius 3 is 1.62 bits per heavy atom. The number of hydrogen-bond donors (Lipinski definition) is 1. The third-order valence-corrected chi connectivity index (χ3v) is 2.98. The predicted molar refractivity (Wildman–Crippen MR) is 101 cm³/mol. The molecular weight excluding hydrogens is 254 g/mol. The quantitative estimate of drug-likeness (QED) is 0.405. The Kier molecular flexibility index (Phi) is 22.1. The van der Waals surface area contributed by atoms with Crippen LogP contribution in [-0.4, -0.2) is 0 Å². The average Bonchev–Trinajstić information content (AvgIpc) is 2.47. The van der Waals surface area contributed by atoms with Crippen LogP contribution in [0.4, 0.5) is 0 Å². The lowest BCUT2D eigenvalue weighted by atomic mass is 10.1. The molecule has 124 valence electrons. The van der Waals surface area contributed by atoms with Gasteiger partial charge in [0.25, 0.3) is 0 Å². The van der Waals surface area contributed by atoms with Gasteiger partial charge in [-0.15, -0.1) is 6.58 Å². The van der Waals surface area contributed by atoms with Crippen molar-refractivity contribution >= 4 is 0 Å². The summed E-state index contributed by atoms with van der Waals surface area (Å²) in [5, 5.41) is 3.22. The smallest absolute Gasteiger partial charge is 0.0337 e. The van der Waals surface area contributed by atoms with Gasteiger partial charge in [0.1, 0.15) is 0 Å². The summed E-state index contributed by atoms with van der Waals surface area (Å²) < 4.78 is 0. The maximum absolute atomic E-state index is 3.95. The molecule has 0 aromatic heterocycles. The Labute approximate surface area is 134 Å². The first-order valence-electron chi connectivity index (χ1n) is 8.16. The number of nitrogens with one attached hydrogen (secondary N) is 1. The summed E-state index contributed by atoms with van der Waals surface area (Å²) in [6, 6.07) is 0. The molecule has 1 heteroatoms. The summed E-state index contributed by atoms with van der Waals surface area (Å²) in [6.07, 6.45) is 8.98. The molecule has 1 nitrogen and oxygen atoms in total. The second-order valence-electron chi connectivity index (χ2n) is 5.28. The molecule has 0 atom stereocenters. The fraction of sp³-hybridized carbons (Fsp3) is 0.600. The summed E-state index contributed by atoms with van der Waals surface area (Å²) >= 11 is 0. The second-order valence-corrected chi connectivity index (χ2v) is 5.28. The zero-order chi connectivity index (χ0) is 17.3. The van der Waals surface area contributed by atoms with Crippen LogP contribution in [0.1, 0.15) is 81.1 Å². The molecule has 0 heterocycles. The van der Waals surface area contributed by atoms with Gasteiger partial charge in [-0.3, -0.25) is 0 Å². The van der Waals surface area contributed by atoms with E-state index in [-0.39, 0.29) is 0 Å². The minimum atomic E-state index is 0.991. The summed E-state index contributed by atoms with van der Waals surface area (Å²) in [5.74, 6) is 0. The molecule has 0 saturated heterocycles. The van der Waals surface area contributed by atoms with Crippen LogP contribution in [-0.2, 0) is 0 Å². The van der Waals surface area contributed by atoms with Crippen LogP contribution in [0, 0.1) is 0 Å². The summed E-state index contributed by atoms with van der Waals surface area (Å²) in [5.41, 5.74) is 4.67. The van der Waals surface area contributed by atoms with Crippen LogP contribution in [0.3, 0.4) is 0 Å². The minimum Gasteiger partial charge on any atom is -0.360 e. The summed E-state index contributed by atoms with van der Waals surface area (Å²) in [7, 11) is 0. The van der Waals surface area contributed by atoms with Gasteiger partial charge < -0.3 is 5.32 Å². The molecule has 0 aliphatic carbocycles. The molecule has 0 aliphatic rings. The number of unbranched alkanes of at least 4 members (excludes halogenated alkanes) is 2. The van der Waals surface area contributed by atoms with E-state index in [0.717, 1.165) is 17.8 Å². The van der Waals surface area contributed by atoms with E-state index in [1.807, 2.05) is 26.0 Å². The Balaban J connectivity index is -0.000000297. The van der Waals surface area contributed by atoms with Crippen molar-refractivity contribution in [3.8, 4) is 0 Å². The molecular formula is C20H39N. The van der Waals surface area contributed by atoms with E-state index >= 15 is 0 Å². The van der Waals surface area contributed by atoms with E-state index in [4.69, 9.17) is 0 Å². The second kappa shape index (κ2) is 18.8. The SMILES string of the molecule is C=C(NC(C)=CC)C(C)=C(C)C.C=CCCC.CCCC. The van der Waals surface area contributed by atoms with Gasteiger partial charge in [-0.05, 0) is 46.6 Å². The topological polar surface area (TPSA) is 12.0 Å². The van der Waals surface area contributed by atoms with Crippen molar-refractivity contribution in [2.45, 2.75) is 81.1 Å². The molecule has 0 bridgehead atoms. The number of allylic oxidation sites excluding steroid dienone is 5. The number of rotatable bonds is 6. The Hall–Kier alpha value is -1.24. The van der Waals surface area contributed by atoms with Crippen molar-refractivity contribution in [3.63, 3.8) is 0 Å². The van der Waals surface area contributed by atoms with Crippen molar-refractivity contribution in [1.82, 2.24) is 5.32 Å². The molecule has 0 aromatic carbocycles. The monoisotopic (exact) mass is 293 g/mol. The van der Waals surface area contributed by atoms with Crippen LogP contribution in [0.15, 0.2) is 47.9 Å². The normalized spacial score (nSPS) is 9.43. The van der Waals surface area contributed by atoms with Gasteiger partial charge in [0.15, 0.2) is 0 Å². The molecule has 0 unspecified atom stereocenters. The molecule has 0 aromatic rings. The van der Waals surface area contributed by atoms with E-state index in [1.54, 1.807) is 0 Å². The first-order chi connectivity index (χ1) is 9.81. The molecule has 21 heavy (non-hydrogen) atoms. The van der Waals surface area contributed by atoms with E-state index < -0.39 is 0 Å². The molecule has 0 radical (unpaired) electrons. The van der Waals surface area contributed by atoms with Crippen LogP contribution in [0.5, 0.6) is 0 Å². The fourth-order valence-electron chi connectivity index (χ4n) is 0.910. The van der Waals surface area contributed by atoms with Crippen LogP contribution in [0.2, 0.25) is 0 Å². The third-order valence-electron chi connectivity index (χ3n) is 2.98. The zero-order valence-corrected chi connectivity index (χ0v) is 15.9. The van der Waals surface area contributed by atoms with Crippen LogP contribution >= 0.6 is 0 Å². The lowest BCUT2D eigenvalue weighted by molar-refractivity contribution is 0.886. The van der Waals surface area contributed by atoms with Crippen molar-refractivity contribution < 1.29 is 0 Å². The molecule has 0 aliphatic heterocycles. The lowest BCUT2D eigenvalue weighted by Gasteiger charge is -2.11. The van der Waals surface area contributed by atoms with Crippen LogP contribution in [0.25, 0.3) is 0 Å². The van der Waals surface area contributed by atoms with E-state index in [0.29, 0.717) is 0 Å². The van der Waals surface area contributed by atoms with Gasteiger partial charge in [0, 0.05) is 11.4 Å². The molecule has 1 N–H and O–H groups in total. The zero-order valence-electron chi connectivity index (χ0n) is 15.9. The van der Waals surface area contributed by atoms with E-state index in [2.05, 4.69) is 60.0 Å². The van der Waals surface area contributed by atoms with Crippen LogP contribution < -0.4 is 5.32 Å². The molecule has 0 fully saturated rings. The summed E-state index contributed by atoms with van der Waals surface area (Å²) in [4.78, 5) is 0. The van der Waals surface area contributed by atoms with Gasteiger partial charge in [0.2, 0.25) is 0 Å². The van der Waals surface area contributed by atoms with Crippen molar-refractivity contribution in [3.05, 3.63) is 47.9 Å². The molecule has 0 amide bonds. The van der Waals surface area contributed by atoms with Gasteiger partial charge in [-0.25, -0.2) is 0 Å². The average molecular weight is 294 g/mol. The fourth-order valence-corrected chi connectivity index (χ4v) is 0.910. The summed E-state index contributed by atoms with van der Waals surface area (Å²) in [6.45, 7) is 24.3. The van der Waals surface area contributed by atoms with Crippen molar-refractivity contribution in [2.75, 3.05) is 0 Å². The minimum absolute atomic E-state index is 0.991. The molecule has 0 saturated carbocycles. The van der Waals surface area contributed by atoms with Crippen molar-refractivity contribution in [2.24, 2.45) is 0 Å². The standard InChI is InChI=1S/C11H19N.C5H10.C4H10/c1-7-9(4)12-11(6)10(5)8(2)3;1-3-5-4-2;1-3-4-2/h7,12H,6H2,1-5H3;3H,1,4-5H2,2H3;3-4H2,1-2H3. The van der Waals surface area contributed by atoms with Gasteiger partial charge in [-0.2, -0.15) is 0 Å². The van der Waals surface area contributed by atoms with Gasteiger partial charge in [0.05, 0.1) is 0 Å². The Morgan fingerprint density at radius 2 is 1.43 bits per heavy atom. The van der Waals surface area contributed by atoms with Gasteiger partial charge >= 0.3 is 0 Å². The first kappa shape index (κ1) is 24.8. The third kappa shape index (κ3) is 21.2. The Bertz CT molecular complexity index is 313. The highest BCUT2D eigenvalue weighted by Crippen LogP contribution is 2.10. The highest BCUT2D eigenvalue weighted by molar-refractivity contribution is 5.30. The highest BCUT2D eigenvalue weighted by Gasteiger charge is 1.97. The van der Waals surface area contributed by atoms with E-state index in [9.17, 15) is 0 Å².